The fourth-order valence-electron chi connectivity index (χ4n) is 3.06. The number of guanidine groups is 1. The van der Waals surface area contributed by atoms with Gasteiger partial charge in [0.05, 0.1) is 6.54 Å². The summed E-state index contributed by atoms with van der Waals surface area (Å²) in [6, 6.07) is 8.89. The van der Waals surface area contributed by atoms with Gasteiger partial charge in [-0.2, -0.15) is 0 Å². The van der Waals surface area contributed by atoms with Crippen molar-refractivity contribution >= 4 is 5.96 Å². The van der Waals surface area contributed by atoms with Crippen LogP contribution in [0.15, 0.2) is 29.3 Å². The first-order valence-corrected chi connectivity index (χ1v) is 9.14. The lowest BCUT2D eigenvalue weighted by molar-refractivity contribution is 0.277. The van der Waals surface area contributed by atoms with Crippen LogP contribution in [0.2, 0.25) is 0 Å². The van der Waals surface area contributed by atoms with Crippen LogP contribution in [-0.2, 0) is 13.1 Å². The molecule has 0 radical (unpaired) electrons. The molecule has 1 heterocycles. The molecule has 0 spiro atoms. The zero-order valence-electron chi connectivity index (χ0n) is 14.8. The summed E-state index contributed by atoms with van der Waals surface area (Å²) in [7, 11) is 0. The lowest BCUT2D eigenvalue weighted by Crippen LogP contribution is -2.36. The predicted molar refractivity (Wildman–Crippen MR) is 98.7 cm³/mol. The minimum atomic E-state index is 0.725. The number of nitrogens with one attached hydrogen (secondary N) is 2. The van der Waals surface area contributed by atoms with E-state index in [1.54, 1.807) is 0 Å². The molecule has 0 aliphatic carbocycles. The third-order valence-corrected chi connectivity index (χ3v) is 4.20. The SMILES string of the molecule is CCNC(=NCc1cccc(CN2CCCCCC2)c1)NCC. The first-order chi connectivity index (χ1) is 11.3. The Morgan fingerprint density at radius 2 is 1.65 bits per heavy atom. The molecule has 1 aliphatic rings. The smallest absolute Gasteiger partial charge is 0.191 e. The fraction of sp³-hybridized carbons (Fsp3) is 0.632. The van der Waals surface area contributed by atoms with Crippen LogP contribution in [0.3, 0.4) is 0 Å². The van der Waals surface area contributed by atoms with Crippen molar-refractivity contribution in [2.45, 2.75) is 52.6 Å². The van der Waals surface area contributed by atoms with Crippen molar-refractivity contribution in [3.63, 3.8) is 0 Å². The summed E-state index contributed by atoms with van der Waals surface area (Å²) in [5.41, 5.74) is 2.69. The van der Waals surface area contributed by atoms with Gasteiger partial charge in [-0.3, -0.25) is 4.90 Å². The van der Waals surface area contributed by atoms with E-state index in [9.17, 15) is 0 Å². The normalized spacial score (nSPS) is 15.7. The second-order valence-corrected chi connectivity index (χ2v) is 6.24. The molecule has 4 nitrogen and oxygen atoms in total. The third kappa shape index (κ3) is 6.61. The fourth-order valence-corrected chi connectivity index (χ4v) is 3.06. The summed E-state index contributed by atoms with van der Waals surface area (Å²) in [6.45, 7) is 10.2. The maximum Gasteiger partial charge on any atom is 0.191 e. The van der Waals surface area contributed by atoms with Crippen molar-refractivity contribution in [3.05, 3.63) is 35.4 Å². The van der Waals surface area contributed by atoms with Gasteiger partial charge in [-0.25, -0.2) is 4.99 Å². The van der Waals surface area contributed by atoms with Gasteiger partial charge in [-0.05, 0) is 50.9 Å². The summed E-state index contributed by atoms with van der Waals surface area (Å²) in [5.74, 6) is 0.896. The van der Waals surface area contributed by atoms with Crippen LogP contribution in [0.25, 0.3) is 0 Å². The van der Waals surface area contributed by atoms with E-state index in [1.165, 1.54) is 49.9 Å². The Balaban J connectivity index is 1.94. The number of nitrogens with zero attached hydrogens (tertiary/aromatic N) is 2. The topological polar surface area (TPSA) is 39.7 Å². The van der Waals surface area contributed by atoms with Crippen LogP contribution in [-0.4, -0.2) is 37.0 Å². The van der Waals surface area contributed by atoms with E-state index >= 15 is 0 Å². The third-order valence-electron chi connectivity index (χ3n) is 4.20. The van der Waals surface area contributed by atoms with Gasteiger partial charge in [0.15, 0.2) is 5.96 Å². The van der Waals surface area contributed by atoms with E-state index in [2.05, 4.69) is 58.6 Å². The molecule has 1 saturated heterocycles. The Labute approximate surface area is 141 Å². The van der Waals surface area contributed by atoms with Crippen molar-refractivity contribution in [2.75, 3.05) is 26.2 Å². The number of aliphatic imine (C=N–C) groups is 1. The van der Waals surface area contributed by atoms with Crippen molar-refractivity contribution in [3.8, 4) is 0 Å². The van der Waals surface area contributed by atoms with E-state index in [-0.39, 0.29) is 0 Å². The van der Waals surface area contributed by atoms with Gasteiger partial charge in [0, 0.05) is 19.6 Å². The number of benzene rings is 1. The molecule has 0 atom stereocenters. The van der Waals surface area contributed by atoms with E-state index in [0.29, 0.717) is 0 Å². The lowest BCUT2D eigenvalue weighted by Gasteiger charge is -2.20. The van der Waals surface area contributed by atoms with Gasteiger partial charge in [0.1, 0.15) is 0 Å². The molecule has 0 saturated carbocycles. The van der Waals surface area contributed by atoms with Gasteiger partial charge in [-0.15, -0.1) is 0 Å². The molecule has 1 aliphatic heterocycles. The van der Waals surface area contributed by atoms with Gasteiger partial charge in [0.25, 0.3) is 0 Å². The average Bonchev–Trinajstić information content (AvgIpc) is 2.82. The van der Waals surface area contributed by atoms with E-state index in [0.717, 1.165) is 32.1 Å². The maximum absolute atomic E-state index is 4.66. The van der Waals surface area contributed by atoms with Crippen LogP contribution in [0.5, 0.6) is 0 Å². The highest BCUT2D eigenvalue weighted by molar-refractivity contribution is 5.79. The van der Waals surface area contributed by atoms with Crippen molar-refractivity contribution < 1.29 is 0 Å². The summed E-state index contributed by atoms with van der Waals surface area (Å²) in [6.07, 6.45) is 5.48. The second-order valence-electron chi connectivity index (χ2n) is 6.24. The van der Waals surface area contributed by atoms with Crippen LogP contribution in [0.4, 0.5) is 0 Å². The van der Waals surface area contributed by atoms with E-state index in [1.807, 2.05) is 0 Å². The number of rotatable bonds is 6. The largest absolute Gasteiger partial charge is 0.357 e. The Bertz CT molecular complexity index is 468. The molecule has 1 aromatic carbocycles. The first-order valence-electron chi connectivity index (χ1n) is 9.14. The Hall–Kier alpha value is -1.55. The predicted octanol–water partition coefficient (Wildman–Crippen LogP) is 3.14. The zero-order chi connectivity index (χ0) is 16.3. The molecule has 128 valence electrons. The summed E-state index contributed by atoms with van der Waals surface area (Å²) >= 11 is 0. The van der Waals surface area contributed by atoms with Crippen LogP contribution in [0.1, 0.15) is 50.7 Å². The van der Waals surface area contributed by atoms with Crippen LogP contribution < -0.4 is 10.6 Å². The number of likely N-dealkylation sites (tertiary alicyclic amines) is 1. The van der Waals surface area contributed by atoms with Gasteiger partial charge in [0.2, 0.25) is 0 Å². The highest BCUT2D eigenvalue weighted by Crippen LogP contribution is 2.14. The molecule has 0 amide bonds. The van der Waals surface area contributed by atoms with Gasteiger partial charge < -0.3 is 10.6 Å². The quantitative estimate of drug-likeness (QED) is 0.626. The molecule has 2 rings (SSSR count). The number of hydrogen-bond donors (Lipinski definition) is 2. The van der Waals surface area contributed by atoms with Crippen LogP contribution >= 0.6 is 0 Å². The molecule has 1 fully saturated rings. The van der Waals surface area contributed by atoms with Gasteiger partial charge in [-0.1, -0.05) is 37.1 Å². The van der Waals surface area contributed by atoms with E-state index in [4.69, 9.17) is 0 Å². The molecule has 0 bridgehead atoms. The second kappa shape index (κ2) is 10.3. The lowest BCUT2D eigenvalue weighted by atomic mass is 10.1. The monoisotopic (exact) mass is 316 g/mol. The average molecular weight is 316 g/mol. The van der Waals surface area contributed by atoms with E-state index < -0.39 is 0 Å². The summed E-state index contributed by atoms with van der Waals surface area (Å²) in [4.78, 5) is 7.25. The first kappa shape index (κ1) is 17.8. The molecule has 2 N–H and O–H groups in total. The van der Waals surface area contributed by atoms with Gasteiger partial charge >= 0.3 is 0 Å². The minimum absolute atomic E-state index is 0.725. The Morgan fingerprint density at radius 3 is 2.30 bits per heavy atom. The maximum atomic E-state index is 4.66. The molecule has 4 heteroatoms. The molecule has 1 aromatic rings. The highest BCUT2D eigenvalue weighted by atomic mass is 15.2. The molecule has 23 heavy (non-hydrogen) atoms. The minimum Gasteiger partial charge on any atom is -0.357 e. The highest BCUT2D eigenvalue weighted by Gasteiger charge is 2.09. The summed E-state index contributed by atoms with van der Waals surface area (Å²) in [5, 5.41) is 6.54. The Kier molecular flexibility index (Phi) is 7.95. The van der Waals surface area contributed by atoms with Crippen LogP contribution in [0, 0.1) is 0 Å². The van der Waals surface area contributed by atoms with Crippen molar-refractivity contribution in [2.24, 2.45) is 4.99 Å². The Morgan fingerprint density at radius 1 is 1.00 bits per heavy atom. The van der Waals surface area contributed by atoms with Crippen molar-refractivity contribution in [1.82, 2.24) is 15.5 Å². The molecule has 0 aromatic heterocycles. The molecule has 0 unspecified atom stereocenters. The molecular weight excluding hydrogens is 284 g/mol. The molecular formula is C19H32N4. The standard InChI is InChI=1S/C19H32N4/c1-3-20-19(21-4-2)22-15-17-10-9-11-18(14-17)16-23-12-7-5-6-8-13-23/h9-11,14H,3-8,12-13,15-16H2,1-2H3,(H2,20,21,22). The zero-order valence-corrected chi connectivity index (χ0v) is 14.8. The van der Waals surface area contributed by atoms with Crippen molar-refractivity contribution in [1.29, 1.82) is 0 Å². The number of hydrogen-bond acceptors (Lipinski definition) is 2. The summed E-state index contributed by atoms with van der Waals surface area (Å²) < 4.78 is 0.